The number of hydrogen-bond donors (Lipinski definition) is 3. The highest BCUT2D eigenvalue weighted by Crippen LogP contribution is 2.22. The van der Waals surface area contributed by atoms with E-state index in [9.17, 15) is 4.79 Å². The number of benzene rings is 1. The molecule has 4 nitrogen and oxygen atoms in total. The third kappa shape index (κ3) is 3.62. The molecule has 1 aliphatic rings. The summed E-state index contributed by atoms with van der Waals surface area (Å²) in [6.07, 6.45) is 2.88. The van der Waals surface area contributed by atoms with Crippen molar-refractivity contribution in [2.75, 3.05) is 6.54 Å². The first kappa shape index (κ1) is 16.8. The fraction of sp³-hybridized carbons (Fsp3) is 0.471. The van der Waals surface area contributed by atoms with E-state index in [-0.39, 0.29) is 18.3 Å². The summed E-state index contributed by atoms with van der Waals surface area (Å²) >= 11 is 0. The fourth-order valence-corrected chi connectivity index (χ4v) is 3.05. The number of aromatic nitrogens is 1. The lowest BCUT2D eigenvalue weighted by atomic mass is 10.1. The van der Waals surface area contributed by atoms with Crippen LogP contribution in [0.5, 0.6) is 0 Å². The average Bonchev–Trinajstić information content (AvgIpc) is 3.07. The number of hydrogen-bond acceptors (Lipinski definition) is 2. The van der Waals surface area contributed by atoms with Crippen molar-refractivity contribution in [3.63, 3.8) is 0 Å². The van der Waals surface area contributed by atoms with Gasteiger partial charge in [0, 0.05) is 35.6 Å². The topological polar surface area (TPSA) is 56.9 Å². The number of H-pyrrole nitrogens is 1. The minimum atomic E-state index is 0. The molecule has 1 aliphatic heterocycles. The Balaban J connectivity index is 0.00000176. The largest absolute Gasteiger partial charge is 0.358 e. The van der Waals surface area contributed by atoms with Crippen molar-refractivity contribution in [2.45, 2.75) is 45.7 Å². The first-order chi connectivity index (χ1) is 10.1. The predicted molar refractivity (Wildman–Crippen MR) is 92.5 cm³/mol. The molecule has 0 saturated carbocycles. The molecule has 22 heavy (non-hydrogen) atoms. The van der Waals surface area contributed by atoms with Crippen molar-refractivity contribution in [1.82, 2.24) is 15.6 Å². The molecule has 1 aromatic carbocycles. The maximum Gasteiger partial charge on any atom is 0.221 e. The molecule has 120 valence electrons. The van der Waals surface area contributed by atoms with Gasteiger partial charge in [0.1, 0.15) is 0 Å². The number of rotatable bonds is 4. The van der Waals surface area contributed by atoms with Gasteiger partial charge in [-0.25, -0.2) is 0 Å². The molecule has 3 N–H and O–H groups in total. The molecule has 2 aromatic rings. The van der Waals surface area contributed by atoms with Gasteiger partial charge in [0.05, 0.1) is 0 Å². The Labute approximate surface area is 137 Å². The highest BCUT2D eigenvalue weighted by Gasteiger charge is 2.17. The minimum absolute atomic E-state index is 0. The Bertz CT molecular complexity index is 659. The minimum Gasteiger partial charge on any atom is -0.358 e. The SMILES string of the molecule is Cc1[nH]c2ccc(CNC(=O)CC3CCCN3)cc2c1C.Cl. The number of aryl methyl sites for hydroxylation is 2. The van der Waals surface area contributed by atoms with E-state index in [0.717, 1.165) is 24.0 Å². The third-order valence-corrected chi connectivity index (χ3v) is 4.46. The molecular formula is C17H24ClN3O. The van der Waals surface area contributed by atoms with E-state index in [2.05, 4.69) is 47.7 Å². The van der Waals surface area contributed by atoms with E-state index in [1.54, 1.807) is 0 Å². The summed E-state index contributed by atoms with van der Waals surface area (Å²) in [5.74, 6) is 0.136. The van der Waals surface area contributed by atoms with Crippen molar-refractivity contribution < 1.29 is 4.79 Å². The standard InChI is InChI=1S/C17H23N3O.ClH/c1-11-12(2)20-16-6-5-13(8-15(11)16)10-19-17(21)9-14-4-3-7-18-14;/h5-6,8,14,18,20H,3-4,7,9-10H2,1-2H3,(H,19,21);1H. The van der Waals surface area contributed by atoms with E-state index in [4.69, 9.17) is 0 Å². The summed E-state index contributed by atoms with van der Waals surface area (Å²) in [6.45, 7) is 5.86. The Morgan fingerprint density at radius 2 is 2.18 bits per heavy atom. The van der Waals surface area contributed by atoms with Gasteiger partial charge in [0.15, 0.2) is 0 Å². The monoisotopic (exact) mass is 321 g/mol. The molecule has 1 atom stereocenters. The van der Waals surface area contributed by atoms with Crippen LogP contribution >= 0.6 is 12.4 Å². The average molecular weight is 322 g/mol. The number of fused-ring (bicyclic) bond motifs is 1. The molecule has 1 aromatic heterocycles. The normalized spacial score (nSPS) is 17.5. The van der Waals surface area contributed by atoms with Crippen molar-refractivity contribution in [3.8, 4) is 0 Å². The fourth-order valence-electron chi connectivity index (χ4n) is 3.05. The molecule has 1 unspecified atom stereocenters. The highest BCUT2D eigenvalue weighted by atomic mass is 35.5. The van der Waals surface area contributed by atoms with Gasteiger partial charge in [-0.1, -0.05) is 6.07 Å². The van der Waals surface area contributed by atoms with E-state index < -0.39 is 0 Å². The Morgan fingerprint density at radius 3 is 2.91 bits per heavy atom. The maximum absolute atomic E-state index is 11.9. The third-order valence-electron chi connectivity index (χ3n) is 4.46. The van der Waals surface area contributed by atoms with Gasteiger partial charge in [0.25, 0.3) is 0 Å². The molecule has 2 heterocycles. The summed E-state index contributed by atoms with van der Waals surface area (Å²) in [5, 5.41) is 7.63. The van der Waals surface area contributed by atoms with Crippen LogP contribution in [0.15, 0.2) is 18.2 Å². The van der Waals surface area contributed by atoms with Gasteiger partial charge in [-0.2, -0.15) is 0 Å². The second kappa shape index (κ2) is 7.16. The zero-order valence-corrected chi connectivity index (χ0v) is 14.0. The lowest BCUT2D eigenvalue weighted by molar-refractivity contribution is -0.121. The molecule has 1 saturated heterocycles. The van der Waals surface area contributed by atoms with Crippen LogP contribution in [0.2, 0.25) is 0 Å². The van der Waals surface area contributed by atoms with Crippen LogP contribution < -0.4 is 10.6 Å². The van der Waals surface area contributed by atoms with Crippen LogP contribution in [0.1, 0.15) is 36.1 Å². The predicted octanol–water partition coefficient (Wildman–Crippen LogP) is 2.96. The van der Waals surface area contributed by atoms with Crippen molar-refractivity contribution in [1.29, 1.82) is 0 Å². The first-order valence-electron chi connectivity index (χ1n) is 7.71. The van der Waals surface area contributed by atoms with Gasteiger partial charge in [0.2, 0.25) is 5.91 Å². The Morgan fingerprint density at radius 1 is 1.36 bits per heavy atom. The van der Waals surface area contributed by atoms with Gasteiger partial charge in [-0.3, -0.25) is 4.79 Å². The number of amides is 1. The maximum atomic E-state index is 11.9. The molecule has 0 bridgehead atoms. The van der Waals surface area contributed by atoms with Crippen LogP contribution in [0.25, 0.3) is 10.9 Å². The zero-order valence-electron chi connectivity index (χ0n) is 13.2. The van der Waals surface area contributed by atoms with E-state index in [1.807, 2.05) is 0 Å². The summed E-state index contributed by atoms with van der Waals surface area (Å²) in [6, 6.07) is 6.70. The second-order valence-electron chi connectivity index (χ2n) is 6.03. The van der Waals surface area contributed by atoms with E-state index in [0.29, 0.717) is 19.0 Å². The summed E-state index contributed by atoms with van der Waals surface area (Å²) < 4.78 is 0. The highest BCUT2D eigenvalue weighted by molar-refractivity contribution is 5.85. The molecule has 0 radical (unpaired) electrons. The second-order valence-corrected chi connectivity index (χ2v) is 6.03. The number of nitrogens with one attached hydrogen (secondary N) is 3. The summed E-state index contributed by atoms with van der Waals surface area (Å²) in [5.41, 5.74) is 4.80. The van der Waals surface area contributed by atoms with Gasteiger partial charge < -0.3 is 15.6 Å². The van der Waals surface area contributed by atoms with Crippen LogP contribution in [-0.4, -0.2) is 23.5 Å². The van der Waals surface area contributed by atoms with E-state index >= 15 is 0 Å². The number of carbonyl (C=O) groups is 1. The van der Waals surface area contributed by atoms with Crippen molar-refractivity contribution >= 4 is 29.2 Å². The molecule has 3 rings (SSSR count). The number of halogens is 1. The zero-order chi connectivity index (χ0) is 14.8. The van der Waals surface area contributed by atoms with E-state index in [1.165, 1.54) is 23.1 Å². The summed E-state index contributed by atoms with van der Waals surface area (Å²) in [4.78, 5) is 15.3. The van der Waals surface area contributed by atoms with Crippen LogP contribution in [0.4, 0.5) is 0 Å². The summed E-state index contributed by atoms with van der Waals surface area (Å²) in [7, 11) is 0. The van der Waals surface area contributed by atoms with Crippen LogP contribution in [0.3, 0.4) is 0 Å². The number of carbonyl (C=O) groups excluding carboxylic acids is 1. The smallest absolute Gasteiger partial charge is 0.221 e. The molecule has 1 amide bonds. The van der Waals surface area contributed by atoms with Gasteiger partial charge >= 0.3 is 0 Å². The Hall–Kier alpha value is -1.52. The molecule has 1 fully saturated rings. The van der Waals surface area contributed by atoms with Gasteiger partial charge in [-0.15, -0.1) is 12.4 Å². The lowest BCUT2D eigenvalue weighted by Gasteiger charge is -2.10. The lowest BCUT2D eigenvalue weighted by Crippen LogP contribution is -2.31. The molecule has 5 heteroatoms. The van der Waals surface area contributed by atoms with Crippen molar-refractivity contribution in [3.05, 3.63) is 35.0 Å². The van der Waals surface area contributed by atoms with Crippen LogP contribution in [-0.2, 0) is 11.3 Å². The van der Waals surface area contributed by atoms with Crippen molar-refractivity contribution in [2.24, 2.45) is 0 Å². The number of aromatic amines is 1. The molecule has 0 spiro atoms. The first-order valence-corrected chi connectivity index (χ1v) is 7.71. The molecule has 0 aliphatic carbocycles. The Kier molecular flexibility index (Phi) is 5.48. The van der Waals surface area contributed by atoms with Gasteiger partial charge in [-0.05, 0) is 56.5 Å². The van der Waals surface area contributed by atoms with Crippen LogP contribution in [0, 0.1) is 13.8 Å². The molecular weight excluding hydrogens is 298 g/mol. The quantitative estimate of drug-likeness (QED) is 0.811.